The molecule has 0 spiro atoms. The number of nitrogens with zero attached hydrogens (tertiary/aromatic N) is 1. The van der Waals surface area contributed by atoms with Gasteiger partial charge in [0.1, 0.15) is 0 Å². The Kier molecular flexibility index (Phi) is 3.95. The second kappa shape index (κ2) is 5.88. The summed E-state index contributed by atoms with van der Waals surface area (Å²) in [7, 11) is 1.91. The third-order valence-electron chi connectivity index (χ3n) is 4.77. The van der Waals surface area contributed by atoms with Crippen LogP contribution in [0.25, 0.3) is 0 Å². The predicted octanol–water partition coefficient (Wildman–Crippen LogP) is 2.05. The highest BCUT2D eigenvalue weighted by atomic mass is 16.2. The highest BCUT2D eigenvalue weighted by molar-refractivity contribution is 5.84. The molecule has 112 valence electrons. The van der Waals surface area contributed by atoms with E-state index in [2.05, 4.69) is 29.6 Å². The molecule has 0 saturated carbocycles. The molecule has 4 heteroatoms. The second-order valence-electron chi connectivity index (χ2n) is 6.10. The standard InChI is InChI=1S/C17H22N2O2/c1-19(17(21)13-9-10-16(20)18-11-13)15-8-4-6-12-5-2-3-7-14(12)15/h2-3,5,7,13,15H,4,6,8-11H2,1H3,(H,18,20). The fraction of sp³-hybridized carbons (Fsp3) is 0.529. The molecular weight excluding hydrogens is 264 g/mol. The van der Waals surface area contributed by atoms with Crippen LogP contribution in [0.15, 0.2) is 24.3 Å². The molecule has 1 N–H and O–H groups in total. The maximum absolute atomic E-state index is 12.7. The third kappa shape index (κ3) is 2.80. The molecule has 1 heterocycles. The normalized spacial score (nSPS) is 24.9. The van der Waals surface area contributed by atoms with Gasteiger partial charge in [-0.3, -0.25) is 9.59 Å². The van der Waals surface area contributed by atoms with Gasteiger partial charge in [0.05, 0.1) is 12.0 Å². The van der Waals surface area contributed by atoms with Gasteiger partial charge in [0.2, 0.25) is 11.8 Å². The molecule has 4 nitrogen and oxygen atoms in total. The Morgan fingerprint density at radius 1 is 1.24 bits per heavy atom. The van der Waals surface area contributed by atoms with Crippen molar-refractivity contribution in [1.29, 1.82) is 0 Å². The molecule has 3 rings (SSSR count). The van der Waals surface area contributed by atoms with Gasteiger partial charge >= 0.3 is 0 Å². The molecule has 1 aromatic carbocycles. The van der Waals surface area contributed by atoms with E-state index in [1.807, 2.05) is 11.9 Å². The number of nitrogens with one attached hydrogen (secondary N) is 1. The summed E-state index contributed by atoms with van der Waals surface area (Å²) in [5.74, 6) is 0.156. The fourth-order valence-electron chi connectivity index (χ4n) is 3.52. The van der Waals surface area contributed by atoms with Crippen LogP contribution in [0, 0.1) is 5.92 Å². The van der Waals surface area contributed by atoms with Crippen LogP contribution in [0.2, 0.25) is 0 Å². The van der Waals surface area contributed by atoms with Gasteiger partial charge in [-0.15, -0.1) is 0 Å². The Hall–Kier alpha value is -1.84. The average Bonchev–Trinajstić information content (AvgIpc) is 2.53. The van der Waals surface area contributed by atoms with E-state index in [1.54, 1.807) is 0 Å². The molecule has 1 saturated heterocycles. The van der Waals surface area contributed by atoms with Crippen LogP contribution in [0.1, 0.15) is 42.9 Å². The van der Waals surface area contributed by atoms with Crippen molar-refractivity contribution < 1.29 is 9.59 Å². The van der Waals surface area contributed by atoms with Gasteiger partial charge in [0.15, 0.2) is 0 Å². The molecule has 2 aliphatic rings. The predicted molar refractivity (Wildman–Crippen MR) is 80.6 cm³/mol. The minimum atomic E-state index is -0.0678. The Morgan fingerprint density at radius 2 is 2.05 bits per heavy atom. The highest BCUT2D eigenvalue weighted by Gasteiger charge is 2.32. The first kappa shape index (κ1) is 14.1. The molecule has 0 aromatic heterocycles. The number of hydrogen-bond donors (Lipinski definition) is 1. The van der Waals surface area contributed by atoms with Crippen molar-refractivity contribution in [2.24, 2.45) is 5.92 Å². The molecule has 1 fully saturated rings. The molecule has 1 aliphatic carbocycles. The Labute approximate surface area is 125 Å². The van der Waals surface area contributed by atoms with Gasteiger partial charge in [-0.25, -0.2) is 0 Å². The van der Waals surface area contributed by atoms with Crippen molar-refractivity contribution in [1.82, 2.24) is 10.2 Å². The molecule has 2 amide bonds. The zero-order chi connectivity index (χ0) is 14.8. The number of carbonyl (C=O) groups excluding carboxylic acids is 2. The smallest absolute Gasteiger partial charge is 0.227 e. The zero-order valence-corrected chi connectivity index (χ0v) is 12.5. The molecular formula is C17H22N2O2. The number of amides is 2. The lowest BCUT2D eigenvalue weighted by Gasteiger charge is -2.36. The van der Waals surface area contributed by atoms with Gasteiger partial charge < -0.3 is 10.2 Å². The summed E-state index contributed by atoms with van der Waals surface area (Å²) in [4.78, 5) is 25.8. The van der Waals surface area contributed by atoms with E-state index in [0.29, 0.717) is 19.4 Å². The van der Waals surface area contributed by atoms with Crippen LogP contribution in [0.5, 0.6) is 0 Å². The lowest BCUT2D eigenvalue weighted by Crippen LogP contribution is -2.45. The first-order valence-corrected chi connectivity index (χ1v) is 7.78. The fourth-order valence-corrected chi connectivity index (χ4v) is 3.52. The Balaban J connectivity index is 1.75. The minimum Gasteiger partial charge on any atom is -0.355 e. The van der Waals surface area contributed by atoms with E-state index in [4.69, 9.17) is 0 Å². The molecule has 2 unspecified atom stereocenters. The monoisotopic (exact) mass is 286 g/mol. The summed E-state index contributed by atoms with van der Waals surface area (Å²) in [6.07, 6.45) is 4.39. The lowest BCUT2D eigenvalue weighted by atomic mass is 9.86. The van der Waals surface area contributed by atoms with Gasteiger partial charge in [-0.05, 0) is 36.8 Å². The van der Waals surface area contributed by atoms with Crippen molar-refractivity contribution in [3.8, 4) is 0 Å². The second-order valence-corrected chi connectivity index (χ2v) is 6.10. The summed E-state index contributed by atoms with van der Waals surface area (Å²) < 4.78 is 0. The number of benzene rings is 1. The average molecular weight is 286 g/mol. The maximum Gasteiger partial charge on any atom is 0.227 e. The molecule has 1 aromatic rings. The number of aryl methyl sites for hydroxylation is 1. The van der Waals surface area contributed by atoms with Crippen molar-refractivity contribution in [2.45, 2.75) is 38.1 Å². The maximum atomic E-state index is 12.7. The van der Waals surface area contributed by atoms with Gasteiger partial charge in [0, 0.05) is 20.0 Å². The molecule has 1 aliphatic heterocycles. The zero-order valence-electron chi connectivity index (χ0n) is 12.5. The lowest BCUT2D eigenvalue weighted by molar-refractivity contribution is -0.138. The van der Waals surface area contributed by atoms with E-state index < -0.39 is 0 Å². The summed E-state index contributed by atoms with van der Waals surface area (Å²) in [5, 5.41) is 2.80. The van der Waals surface area contributed by atoms with Gasteiger partial charge in [-0.1, -0.05) is 24.3 Å². The van der Waals surface area contributed by atoms with Crippen LogP contribution in [0.4, 0.5) is 0 Å². The van der Waals surface area contributed by atoms with Gasteiger partial charge in [-0.2, -0.15) is 0 Å². The SMILES string of the molecule is CN(C(=O)C1CCC(=O)NC1)C1CCCc2ccccc21. The van der Waals surface area contributed by atoms with Crippen LogP contribution >= 0.6 is 0 Å². The van der Waals surface area contributed by atoms with Crippen LogP contribution in [0.3, 0.4) is 0 Å². The number of fused-ring (bicyclic) bond motifs is 1. The van der Waals surface area contributed by atoms with E-state index in [9.17, 15) is 9.59 Å². The van der Waals surface area contributed by atoms with E-state index in [1.165, 1.54) is 11.1 Å². The Bertz CT molecular complexity index is 545. The first-order chi connectivity index (χ1) is 10.2. The molecule has 2 atom stereocenters. The highest BCUT2D eigenvalue weighted by Crippen LogP contribution is 2.34. The third-order valence-corrected chi connectivity index (χ3v) is 4.77. The number of piperidine rings is 1. The Morgan fingerprint density at radius 3 is 2.81 bits per heavy atom. The quantitative estimate of drug-likeness (QED) is 0.904. The van der Waals surface area contributed by atoms with E-state index in [0.717, 1.165) is 19.3 Å². The van der Waals surface area contributed by atoms with Crippen LogP contribution < -0.4 is 5.32 Å². The number of hydrogen-bond acceptors (Lipinski definition) is 2. The first-order valence-electron chi connectivity index (χ1n) is 7.78. The van der Waals surface area contributed by atoms with Crippen LogP contribution in [-0.2, 0) is 16.0 Å². The van der Waals surface area contributed by atoms with Crippen LogP contribution in [-0.4, -0.2) is 30.3 Å². The molecule has 0 radical (unpaired) electrons. The summed E-state index contributed by atoms with van der Waals surface area (Å²) >= 11 is 0. The topological polar surface area (TPSA) is 49.4 Å². The number of carbonyl (C=O) groups is 2. The van der Waals surface area contributed by atoms with Crippen molar-refractivity contribution >= 4 is 11.8 Å². The summed E-state index contributed by atoms with van der Waals surface area (Å²) in [6, 6.07) is 8.61. The van der Waals surface area contributed by atoms with E-state index >= 15 is 0 Å². The largest absolute Gasteiger partial charge is 0.355 e. The van der Waals surface area contributed by atoms with Crippen molar-refractivity contribution in [3.05, 3.63) is 35.4 Å². The van der Waals surface area contributed by atoms with E-state index in [-0.39, 0.29) is 23.8 Å². The summed E-state index contributed by atoms with van der Waals surface area (Å²) in [6.45, 7) is 0.483. The van der Waals surface area contributed by atoms with Gasteiger partial charge in [0.25, 0.3) is 0 Å². The van der Waals surface area contributed by atoms with Crippen molar-refractivity contribution in [3.63, 3.8) is 0 Å². The number of rotatable bonds is 2. The molecule has 0 bridgehead atoms. The van der Waals surface area contributed by atoms with Crippen molar-refractivity contribution in [2.75, 3.05) is 13.6 Å². The molecule has 21 heavy (non-hydrogen) atoms. The minimum absolute atomic E-state index is 0.0599. The summed E-state index contributed by atoms with van der Waals surface area (Å²) in [5.41, 5.74) is 2.66.